The molecule has 13 heavy (non-hydrogen) atoms. The van der Waals surface area contributed by atoms with E-state index < -0.39 is 5.97 Å². The van der Waals surface area contributed by atoms with Gasteiger partial charge in [0.25, 0.3) is 0 Å². The summed E-state index contributed by atoms with van der Waals surface area (Å²) in [6.45, 7) is 1.01. The van der Waals surface area contributed by atoms with Crippen molar-refractivity contribution < 1.29 is 9.90 Å². The molecule has 70 valence electrons. The standard InChI is InChI=1S/C10H13NO2/c12-10(13)8-3-4-9-7(6-8)2-1-5-11-9/h3-4,8,11H,1-2,5-6H2,(H,12,13). The van der Waals surface area contributed by atoms with Gasteiger partial charge in [-0.15, -0.1) is 0 Å². The number of carboxylic acid groups (broad SMARTS) is 1. The minimum atomic E-state index is -0.714. The molecular weight excluding hydrogens is 166 g/mol. The van der Waals surface area contributed by atoms with Crippen molar-refractivity contribution in [3.05, 3.63) is 23.4 Å². The van der Waals surface area contributed by atoms with E-state index in [1.807, 2.05) is 6.08 Å². The lowest BCUT2D eigenvalue weighted by atomic mass is 9.88. The zero-order valence-corrected chi connectivity index (χ0v) is 7.42. The van der Waals surface area contributed by atoms with E-state index in [4.69, 9.17) is 5.11 Å². The Kier molecular flexibility index (Phi) is 2.08. The van der Waals surface area contributed by atoms with E-state index in [0.29, 0.717) is 6.42 Å². The lowest BCUT2D eigenvalue weighted by Gasteiger charge is -2.25. The van der Waals surface area contributed by atoms with E-state index >= 15 is 0 Å². The first kappa shape index (κ1) is 8.35. The van der Waals surface area contributed by atoms with Gasteiger partial charge in [0, 0.05) is 12.2 Å². The second kappa shape index (κ2) is 3.24. The minimum Gasteiger partial charge on any atom is -0.481 e. The van der Waals surface area contributed by atoms with Gasteiger partial charge in [0.2, 0.25) is 0 Å². The zero-order chi connectivity index (χ0) is 9.26. The minimum absolute atomic E-state index is 0.307. The number of hydrogen-bond donors (Lipinski definition) is 2. The first-order chi connectivity index (χ1) is 6.27. The van der Waals surface area contributed by atoms with Crippen molar-refractivity contribution in [2.24, 2.45) is 5.92 Å². The van der Waals surface area contributed by atoms with Crippen LogP contribution < -0.4 is 5.32 Å². The number of hydrogen-bond acceptors (Lipinski definition) is 2. The van der Waals surface area contributed by atoms with Crippen molar-refractivity contribution in [1.82, 2.24) is 5.32 Å². The van der Waals surface area contributed by atoms with Crippen LogP contribution in [0.1, 0.15) is 19.3 Å². The van der Waals surface area contributed by atoms with Crippen LogP contribution in [0.3, 0.4) is 0 Å². The Morgan fingerprint density at radius 3 is 3.23 bits per heavy atom. The first-order valence-corrected chi connectivity index (χ1v) is 4.64. The number of aliphatic carboxylic acids is 1. The molecule has 1 aliphatic carbocycles. The monoisotopic (exact) mass is 179 g/mol. The third kappa shape index (κ3) is 1.59. The molecule has 1 heterocycles. The summed E-state index contributed by atoms with van der Waals surface area (Å²) in [7, 11) is 0. The van der Waals surface area contributed by atoms with Crippen LogP contribution in [0.5, 0.6) is 0 Å². The fraction of sp³-hybridized carbons (Fsp3) is 0.500. The first-order valence-electron chi connectivity index (χ1n) is 4.64. The quantitative estimate of drug-likeness (QED) is 0.637. The van der Waals surface area contributed by atoms with E-state index in [1.54, 1.807) is 6.08 Å². The zero-order valence-electron chi connectivity index (χ0n) is 7.42. The Morgan fingerprint density at radius 2 is 2.46 bits per heavy atom. The SMILES string of the molecule is O=C(O)C1C=CC2=C(CCCN2)C1. The van der Waals surface area contributed by atoms with Crippen molar-refractivity contribution in [2.45, 2.75) is 19.3 Å². The summed E-state index contributed by atoms with van der Waals surface area (Å²) in [5.74, 6) is -1.02. The predicted octanol–water partition coefficient (Wildman–Crippen LogP) is 1.28. The van der Waals surface area contributed by atoms with Crippen molar-refractivity contribution >= 4 is 5.97 Å². The number of carboxylic acids is 1. The Labute approximate surface area is 77.1 Å². The molecule has 0 saturated heterocycles. The number of allylic oxidation sites excluding steroid dienone is 2. The van der Waals surface area contributed by atoms with Crippen LogP contribution in [0, 0.1) is 5.92 Å². The van der Waals surface area contributed by atoms with Crippen LogP contribution >= 0.6 is 0 Å². The van der Waals surface area contributed by atoms with Gasteiger partial charge in [0.05, 0.1) is 5.92 Å². The Balaban J connectivity index is 2.15. The summed E-state index contributed by atoms with van der Waals surface area (Å²) in [6.07, 6.45) is 6.56. The normalized spacial score (nSPS) is 26.6. The van der Waals surface area contributed by atoms with Crippen molar-refractivity contribution in [2.75, 3.05) is 6.54 Å². The van der Waals surface area contributed by atoms with Crippen LogP contribution in [-0.2, 0) is 4.79 Å². The van der Waals surface area contributed by atoms with E-state index in [1.165, 1.54) is 5.57 Å². The van der Waals surface area contributed by atoms with Crippen LogP contribution in [-0.4, -0.2) is 17.6 Å². The maximum Gasteiger partial charge on any atom is 0.310 e. The molecule has 0 aromatic heterocycles. The smallest absolute Gasteiger partial charge is 0.310 e. The molecule has 1 unspecified atom stereocenters. The molecule has 3 heteroatoms. The molecule has 2 rings (SSSR count). The molecule has 0 spiro atoms. The molecular formula is C10H13NO2. The molecule has 2 N–H and O–H groups in total. The van der Waals surface area contributed by atoms with Gasteiger partial charge < -0.3 is 10.4 Å². The largest absolute Gasteiger partial charge is 0.481 e. The van der Waals surface area contributed by atoms with Gasteiger partial charge in [-0.05, 0) is 30.9 Å². The summed E-state index contributed by atoms with van der Waals surface area (Å²) < 4.78 is 0. The molecule has 3 nitrogen and oxygen atoms in total. The predicted molar refractivity (Wildman–Crippen MR) is 49.1 cm³/mol. The fourth-order valence-corrected chi connectivity index (χ4v) is 1.89. The lowest BCUT2D eigenvalue weighted by molar-refractivity contribution is -0.140. The highest BCUT2D eigenvalue weighted by Crippen LogP contribution is 2.28. The number of nitrogens with one attached hydrogen (secondary N) is 1. The molecule has 0 fully saturated rings. The average Bonchev–Trinajstić information content (AvgIpc) is 2.17. The Bertz CT molecular complexity index is 291. The van der Waals surface area contributed by atoms with Crippen molar-refractivity contribution in [1.29, 1.82) is 0 Å². The second-order valence-electron chi connectivity index (χ2n) is 3.56. The fourth-order valence-electron chi connectivity index (χ4n) is 1.89. The topological polar surface area (TPSA) is 49.3 Å². The highest BCUT2D eigenvalue weighted by molar-refractivity contribution is 5.73. The van der Waals surface area contributed by atoms with Crippen molar-refractivity contribution in [3.63, 3.8) is 0 Å². The molecule has 2 aliphatic rings. The third-order valence-corrected chi connectivity index (χ3v) is 2.63. The summed E-state index contributed by atoms with van der Waals surface area (Å²) in [4.78, 5) is 10.7. The second-order valence-corrected chi connectivity index (χ2v) is 3.56. The van der Waals surface area contributed by atoms with Crippen molar-refractivity contribution in [3.8, 4) is 0 Å². The Morgan fingerprint density at radius 1 is 1.62 bits per heavy atom. The molecule has 0 amide bonds. The van der Waals surface area contributed by atoms with Crippen LogP contribution in [0.15, 0.2) is 23.4 Å². The molecule has 0 aromatic rings. The van der Waals surface area contributed by atoms with Crippen LogP contribution in [0.25, 0.3) is 0 Å². The summed E-state index contributed by atoms with van der Waals surface area (Å²) in [6, 6.07) is 0. The number of rotatable bonds is 1. The summed E-state index contributed by atoms with van der Waals surface area (Å²) >= 11 is 0. The third-order valence-electron chi connectivity index (χ3n) is 2.63. The van der Waals surface area contributed by atoms with Crippen LogP contribution in [0.2, 0.25) is 0 Å². The van der Waals surface area contributed by atoms with Gasteiger partial charge in [-0.3, -0.25) is 4.79 Å². The molecule has 0 saturated carbocycles. The van der Waals surface area contributed by atoms with Crippen LogP contribution in [0.4, 0.5) is 0 Å². The average molecular weight is 179 g/mol. The molecule has 0 radical (unpaired) electrons. The highest BCUT2D eigenvalue weighted by atomic mass is 16.4. The van der Waals surface area contributed by atoms with E-state index in [0.717, 1.165) is 25.1 Å². The maximum atomic E-state index is 10.7. The Hall–Kier alpha value is -1.25. The molecule has 0 aromatic carbocycles. The van der Waals surface area contributed by atoms with Gasteiger partial charge in [0.15, 0.2) is 0 Å². The van der Waals surface area contributed by atoms with Gasteiger partial charge >= 0.3 is 5.97 Å². The number of carbonyl (C=O) groups is 1. The summed E-state index contributed by atoms with van der Waals surface area (Å²) in [5, 5.41) is 12.1. The maximum absolute atomic E-state index is 10.7. The highest BCUT2D eigenvalue weighted by Gasteiger charge is 2.22. The lowest BCUT2D eigenvalue weighted by Crippen LogP contribution is -2.25. The molecule has 1 atom stereocenters. The molecule has 0 bridgehead atoms. The van der Waals surface area contributed by atoms with E-state index in [9.17, 15) is 4.79 Å². The van der Waals surface area contributed by atoms with E-state index in [2.05, 4.69) is 5.32 Å². The van der Waals surface area contributed by atoms with Gasteiger partial charge in [-0.25, -0.2) is 0 Å². The van der Waals surface area contributed by atoms with E-state index in [-0.39, 0.29) is 5.92 Å². The van der Waals surface area contributed by atoms with Gasteiger partial charge in [0.1, 0.15) is 0 Å². The van der Waals surface area contributed by atoms with Gasteiger partial charge in [-0.2, -0.15) is 0 Å². The van der Waals surface area contributed by atoms with Gasteiger partial charge in [-0.1, -0.05) is 6.08 Å². The molecule has 1 aliphatic heterocycles. The summed E-state index contributed by atoms with van der Waals surface area (Å²) in [5.41, 5.74) is 2.44.